The number of carbonyl (C=O) groups excluding carboxylic acids is 1. The third-order valence-electron chi connectivity index (χ3n) is 4.25. The summed E-state index contributed by atoms with van der Waals surface area (Å²) in [7, 11) is 1.80. The number of halogens is 2. The van der Waals surface area contributed by atoms with Gasteiger partial charge < -0.3 is 14.4 Å². The first-order valence-electron chi connectivity index (χ1n) is 8.45. The molecule has 24 heavy (non-hydrogen) atoms. The Kier molecular flexibility index (Phi) is 7.50. The number of amides is 1. The fraction of sp³-hybridized carbons (Fsp3) is 0.611. The van der Waals surface area contributed by atoms with E-state index >= 15 is 0 Å². The van der Waals surface area contributed by atoms with Crippen molar-refractivity contribution in [1.29, 1.82) is 0 Å². The van der Waals surface area contributed by atoms with E-state index in [1.54, 1.807) is 30.1 Å². The molecule has 1 saturated carbocycles. The summed E-state index contributed by atoms with van der Waals surface area (Å²) >= 11 is 11.8. The molecule has 1 aromatic carbocycles. The molecular weight excluding hydrogens is 349 g/mol. The minimum absolute atomic E-state index is 0.265. The van der Waals surface area contributed by atoms with E-state index in [9.17, 15) is 4.79 Å². The van der Waals surface area contributed by atoms with Gasteiger partial charge in [-0.3, -0.25) is 0 Å². The molecule has 0 aliphatic heterocycles. The maximum absolute atomic E-state index is 12.1. The highest BCUT2D eigenvalue weighted by atomic mass is 35.5. The number of benzene rings is 1. The van der Waals surface area contributed by atoms with Gasteiger partial charge >= 0.3 is 6.09 Å². The van der Waals surface area contributed by atoms with E-state index in [0.717, 1.165) is 6.54 Å². The minimum Gasteiger partial charge on any atom is -0.490 e. The zero-order valence-corrected chi connectivity index (χ0v) is 15.8. The fourth-order valence-electron chi connectivity index (χ4n) is 2.91. The molecule has 4 nitrogen and oxygen atoms in total. The SMILES string of the molecule is CC(COc1ccc(Cl)c(Cl)c1)OC(=O)N(C)CC1CCCCC1. The summed E-state index contributed by atoms with van der Waals surface area (Å²) in [5.41, 5.74) is 0. The van der Waals surface area contributed by atoms with Crippen LogP contribution >= 0.6 is 23.2 Å². The van der Waals surface area contributed by atoms with Gasteiger partial charge in [-0.2, -0.15) is 0 Å². The molecule has 6 heteroatoms. The maximum Gasteiger partial charge on any atom is 0.409 e. The average Bonchev–Trinajstić information content (AvgIpc) is 2.56. The molecule has 0 N–H and O–H groups in total. The van der Waals surface area contributed by atoms with Crippen molar-refractivity contribution in [2.75, 3.05) is 20.2 Å². The van der Waals surface area contributed by atoms with Gasteiger partial charge in [-0.25, -0.2) is 4.79 Å². The van der Waals surface area contributed by atoms with Gasteiger partial charge in [0.05, 0.1) is 10.0 Å². The summed E-state index contributed by atoms with van der Waals surface area (Å²) in [5, 5.41) is 0.916. The monoisotopic (exact) mass is 373 g/mol. The number of hydrogen-bond donors (Lipinski definition) is 0. The van der Waals surface area contributed by atoms with Crippen molar-refractivity contribution in [2.24, 2.45) is 5.92 Å². The van der Waals surface area contributed by atoms with Crippen molar-refractivity contribution in [3.63, 3.8) is 0 Å². The van der Waals surface area contributed by atoms with Crippen LogP contribution in [0.4, 0.5) is 4.79 Å². The summed E-state index contributed by atoms with van der Waals surface area (Å²) in [6.07, 6.45) is 5.60. The van der Waals surface area contributed by atoms with Gasteiger partial charge in [-0.15, -0.1) is 0 Å². The van der Waals surface area contributed by atoms with Crippen molar-refractivity contribution < 1.29 is 14.3 Å². The normalized spacial score (nSPS) is 16.5. The third kappa shape index (κ3) is 6.06. The molecule has 0 aromatic heterocycles. The van der Waals surface area contributed by atoms with Crippen LogP contribution in [0.5, 0.6) is 5.75 Å². The molecule has 134 valence electrons. The Bertz CT molecular complexity index is 547. The van der Waals surface area contributed by atoms with E-state index < -0.39 is 0 Å². The lowest BCUT2D eigenvalue weighted by molar-refractivity contribution is 0.0486. The Hall–Kier alpha value is -1.13. The van der Waals surface area contributed by atoms with Gasteiger partial charge in [0, 0.05) is 19.7 Å². The van der Waals surface area contributed by atoms with Crippen LogP contribution in [0.3, 0.4) is 0 Å². The predicted molar refractivity (Wildman–Crippen MR) is 97.1 cm³/mol. The second kappa shape index (κ2) is 9.38. The van der Waals surface area contributed by atoms with Crippen LogP contribution in [-0.2, 0) is 4.74 Å². The van der Waals surface area contributed by atoms with Gasteiger partial charge in [-0.05, 0) is 37.8 Å². The van der Waals surface area contributed by atoms with E-state index in [4.69, 9.17) is 32.7 Å². The molecular formula is C18H25Cl2NO3. The number of hydrogen-bond acceptors (Lipinski definition) is 3. The lowest BCUT2D eigenvalue weighted by atomic mass is 9.89. The van der Waals surface area contributed by atoms with Gasteiger partial charge in [0.15, 0.2) is 0 Å². The second-order valence-electron chi connectivity index (χ2n) is 6.47. The van der Waals surface area contributed by atoms with Crippen LogP contribution in [0, 0.1) is 5.92 Å². The second-order valence-corrected chi connectivity index (χ2v) is 7.28. The number of nitrogens with zero attached hydrogens (tertiary/aromatic N) is 1. The average molecular weight is 374 g/mol. The van der Waals surface area contributed by atoms with Crippen LogP contribution in [0.25, 0.3) is 0 Å². The van der Waals surface area contributed by atoms with Crippen molar-refractivity contribution in [1.82, 2.24) is 4.90 Å². The molecule has 1 fully saturated rings. The lowest BCUT2D eigenvalue weighted by Gasteiger charge is -2.27. The zero-order chi connectivity index (χ0) is 17.5. The molecule has 0 saturated heterocycles. The van der Waals surface area contributed by atoms with Crippen molar-refractivity contribution in [3.05, 3.63) is 28.2 Å². The molecule has 1 aromatic rings. The first kappa shape index (κ1) is 19.2. The molecule has 0 spiro atoms. The van der Waals surface area contributed by atoms with E-state index in [0.29, 0.717) is 21.7 Å². The Morgan fingerprint density at radius 1 is 1.25 bits per heavy atom. The lowest BCUT2D eigenvalue weighted by Crippen LogP contribution is -2.36. The van der Waals surface area contributed by atoms with E-state index in [1.165, 1.54) is 32.1 Å². The molecule has 0 radical (unpaired) electrons. The van der Waals surface area contributed by atoms with Gasteiger partial charge in [-0.1, -0.05) is 42.5 Å². The molecule has 2 rings (SSSR count). The van der Waals surface area contributed by atoms with Crippen molar-refractivity contribution in [3.8, 4) is 5.75 Å². The number of carbonyl (C=O) groups is 1. The summed E-state index contributed by atoms with van der Waals surface area (Å²) in [4.78, 5) is 13.8. The largest absolute Gasteiger partial charge is 0.490 e. The fourth-order valence-corrected chi connectivity index (χ4v) is 3.20. The quantitative estimate of drug-likeness (QED) is 0.668. The van der Waals surface area contributed by atoms with E-state index in [1.807, 2.05) is 6.92 Å². The van der Waals surface area contributed by atoms with Gasteiger partial charge in [0.25, 0.3) is 0 Å². The molecule has 1 atom stereocenters. The number of rotatable bonds is 6. The van der Waals surface area contributed by atoms with Crippen LogP contribution < -0.4 is 4.74 Å². The smallest absolute Gasteiger partial charge is 0.409 e. The molecule has 1 unspecified atom stereocenters. The Labute approximate surface area is 154 Å². The molecule has 0 heterocycles. The van der Waals surface area contributed by atoms with Crippen LogP contribution in [-0.4, -0.2) is 37.3 Å². The topological polar surface area (TPSA) is 38.8 Å². The van der Waals surface area contributed by atoms with Crippen molar-refractivity contribution in [2.45, 2.75) is 45.1 Å². The maximum atomic E-state index is 12.1. The summed E-state index contributed by atoms with van der Waals surface area (Å²) in [6.45, 7) is 2.84. The predicted octanol–water partition coefficient (Wildman–Crippen LogP) is 5.41. The highest BCUT2D eigenvalue weighted by Crippen LogP contribution is 2.26. The summed E-state index contributed by atoms with van der Waals surface area (Å²) in [5.74, 6) is 1.20. The summed E-state index contributed by atoms with van der Waals surface area (Å²) < 4.78 is 11.0. The minimum atomic E-state index is -0.347. The van der Waals surface area contributed by atoms with E-state index in [-0.39, 0.29) is 18.8 Å². The Balaban J connectivity index is 1.72. The standard InChI is InChI=1S/C18H25Cl2NO3/c1-13(12-23-15-8-9-16(19)17(20)10-15)24-18(22)21(2)11-14-6-4-3-5-7-14/h8-10,13-14H,3-7,11-12H2,1-2H3. The first-order valence-corrected chi connectivity index (χ1v) is 9.21. The first-order chi connectivity index (χ1) is 11.5. The molecule has 1 amide bonds. The van der Waals surface area contributed by atoms with Crippen LogP contribution in [0.15, 0.2) is 18.2 Å². The zero-order valence-electron chi connectivity index (χ0n) is 14.3. The van der Waals surface area contributed by atoms with Gasteiger partial charge in [0.2, 0.25) is 0 Å². The number of ether oxygens (including phenoxy) is 2. The summed E-state index contributed by atoms with van der Waals surface area (Å²) in [6, 6.07) is 5.05. The Morgan fingerprint density at radius 3 is 2.62 bits per heavy atom. The molecule has 0 bridgehead atoms. The van der Waals surface area contributed by atoms with Crippen LogP contribution in [0.2, 0.25) is 10.0 Å². The molecule has 1 aliphatic rings. The Morgan fingerprint density at radius 2 is 1.96 bits per heavy atom. The van der Waals surface area contributed by atoms with Crippen LogP contribution in [0.1, 0.15) is 39.0 Å². The van der Waals surface area contributed by atoms with Gasteiger partial charge in [0.1, 0.15) is 18.5 Å². The van der Waals surface area contributed by atoms with E-state index in [2.05, 4.69) is 0 Å². The third-order valence-corrected chi connectivity index (χ3v) is 4.99. The van der Waals surface area contributed by atoms with Crippen molar-refractivity contribution >= 4 is 29.3 Å². The highest BCUT2D eigenvalue weighted by molar-refractivity contribution is 6.42. The highest BCUT2D eigenvalue weighted by Gasteiger charge is 2.20. The molecule has 1 aliphatic carbocycles.